The van der Waals surface area contributed by atoms with Gasteiger partial charge in [0.05, 0.1) is 31.2 Å². The second-order valence-corrected chi connectivity index (χ2v) is 5.68. The first-order valence-corrected chi connectivity index (χ1v) is 7.67. The lowest BCUT2D eigenvalue weighted by molar-refractivity contribution is 0.383. The van der Waals surface area contributed by atoms with Crippen molar-refractivity contribution in [3.63, 3.8) is 0 Å². The van der Waals surface area contributed by atoms with Gasteiger partial charge < -0.3 is 19.8 Å². The van der Waals surface area contributed by atoms with E-state index in [1.54, 1.807) is 25.6 Å². The van der Waals surface area contributed by atoms with Gasteiger partial charge in [0.25, 0.3) is 0 Å². The number of hydrogen-bond donors (Lipinski definition) is 1. The van der Waals surface area contributed by atoms with Crippen molar-refractivity contribution in [2.75, 3.05) is 20.0 Å². The van der Waals surface area contributed by atoms with Crippen molar-refractivity contribution < 1.29 is 9.47 Å². The predicted octanol–water partition coefficient (Wildman–Crippen LogP) is 3.26. The number of nitrogens with two attached hydrogens (primary N) is 1. The van der Waals surface area contributed by atoms with Crippen LogP contribution in [-0.4, -0.2) is 23.8 Å². The lowest BCUT2D eigenvalue weighted by Crippen LogP contribution is -2.06. The smallest absolute Gasteiger partial charge is 0.201 e. The Hall–Kier alpha value is -2.47. The van der Waals surface area contributed by atoms with Gasteiger partial charge in [-0.2, -0.15) is 0 Å². The second-order valence-electron chi connectivity index (χ2n) is 4.73. The highest BCUT2D eigenvalue weighted by atomic mass is 32.1. The number of thiophene rings is 1. The zero-order chi connectivity index (χ0) is 15.5. The molecule has 0 aliphatic carbocycles. The molecule has 0 radical (unpaired) electrons. The molecular weight excluding hydrogens is 298 g/mol. The molecule has 2 heterocycles. The molecule has 0 amide bonds. The molecule has 22 heavy (non-hydrogen) atoms. The first kappa shape index (κ1) is 14.5. The molecule has 0 saturated carbocycles. The number of hydrogen-bond acceptors (Lipinski definition) is 5. The van der Waals surface area contributed by atoms with Crippen LogP contribution in [0.1, 0.15) is 5.56 Å². The molecule has 0 aliphatic rings. The number of benzene rings is 1. The van der Waals surface area contributed by atoms with Gasteiger partial charge in [-0.25, -0.2) is 4.98 Å². The highest BCUT2D eigenvalue weighted by Gasteiger charge is 2.14. The van der Waals surface area contributed by atoms with E-state index < -0.39 is 0 Å². The maximum atomic E-state index is 6.05. The third-order valence-corrected chi connectivity index (χ3v) is 4.33. The van der Waals surface area contributed by atoms with Gasteiger partial charge in [-0.3, -0.25) is 0 Å². The molecule has 114 valence electrons. The van der Waals surface area contributed by atoms with Crippen LogP contribution in [0.4, 0.5) is 5.95 Å². The summed E-state index contributed by atoms with van der Waals surface area (Å²) in [6.07, 6.45) is 1.95. The number of aromatic nitrogens is 2. The third-order valence-electron chi connectivity index (χ3n) is 3.44. The molecule has 0 bridgehead atoms. The summed E-state index contributed by atoms with van der Waals surface area (Å²) >= 11 is 1.64. The number of methoxy groups -OCH3 is 2. The Kier molecular flexibility index (Phi) is 4.02. The minimum Gasteiger partial charge on any atom is -0.496 e. The highest BCUT2D eigenvalue weighted by Crippen LogP contribution is 2.31. The van der Waals surface area contributed by atoms with Gasteiger partial charge in [-0.15, -0.1) is 11.3 Å². The molecule has 0 aliphatic heterocycles. The molecular formula is C16H17N3O2S. The Morgan fingerprint density at radius 1 is 1.14 bits per heavy atom. The lowest BCUT2D eigenvalue weighted by Gasteiger charge is -2.13. The number of rotatable bonds is 5. The fourth-order valence-electron chi connectivity index (χ4n) is 2.35. The Labute approximate surface area is 132 Å². The zero-order valence-electron chi connectivity index (χ0n) is 12.4. The van der Waals surface area contributed by atoms with Crippen LogP contribution in [0.2, 0.25) is 0 Å². The largest absolute Gasteiger partial charge is 0.496 e. The molecule has 6 heteroatoms. The fraction of sp³-hybridized carbons (Fsp3) is 0.188. The van der Waals surface area contributed by atoms with Crippen LogP contribution in [-0.2, 0) is 6.54 Å². The molecule has 2 aromatic heterocycles. The summed E-state index contributed by atoms with van der Waals surface area (Å²) in [6, 6.07) is 9.74. The minimum atomic E-state index is 0.469. The van der Waals surface area contributed by atoms with Crippen molar-refractivity contribution in [1.82, 2.24) is 9.55 Å². The van der Waals surface area contributed by atoms with Crippen LogP contribution in [0.5, 0.6) is 11.5 Å². The quantitative estimate of drug-likeness (QED) is 0.785. The fourth-order valence-corrected chi connectivity index (χ4v) is 3.03. The highest BCUT2D eigenvalue weighted by molar-refractivity contribution is 7.13. The Balaban J connectivity index is 1.97. The van der Waals surface area contributed by atoms with E-state index in [1.807, 2.05) is 46.5 Å². The molecule has 0 fully saturated rings. The van der Waals surface area contributed by atoms with Gasteiger partial charge in [0.15, 0.2) is 0 Å². The van der Waals surface area contributed by atoms with Crippen molar-refractivity contribution >= 4 is 17.3 Å². The predicted molar refractivity (Wildman–Crippen MR) is 88.6 cm³/mol. The molecule has 0 unspecified atom stereocenters. The van der Waals surface area contributed by atoms with E-state index in [0.29, 0.717) is 12.5 Å². The molecule has 5 nitrogen and oxygen atoms in total. The van der Waals surface area contributed by atoms with Gasteiger partial charge in [0, 0.05) is 6.20 Å². The van der Waals surface area contributed by atoms with Crippen LogP contribution in [0, 0.1) is 0 Å². The number of anilines is 1. The molecule has 0 saturated heterocycles. The first-order chi connectivity index (χ1) is 10.7. The van der Waals surface area contributed by atoms with Crippen molar-refractivity contribution in [2.24, 2.45) is 0 Å². The summed E-state index contributed by atoms with van der Waals surface area (Å²) in [7, 11) is 3.29. The molecule has 2 N–H and O–H groups in total. The van der Waals surface area contributed by atoms with E-state index in [0.717, 1.165) is 27.6 Å². The maximum Gasteiger partial charge on any atom is 0.201 e. The first-order valence-electron chi connectivity index (χ1n) is 6.79. The third kappa shape index (κ3) is 2.65. The summed E-state index contributed by atoms with van der Waals surface area (Å²) in [5, 5.41) is 2.02. The zero-order valence-corrected chi connectivity index (χ0v) is 13.3. The van der Waals surface area contributed by atoms with Crippen molar-refractivity contribution in [2.45, 2.75) is 6.54 Å². The lowest BCUT2D eigenvalue weighted by atomic mass is 10.1. The average molecular weight is 315 g/mol. The van der Waals surface area contributed by atoms with Crippen LogP contribution in [0.25, 0.3) is 10.6 Å². The standard InChI is InChI=1S/C16H17N3O2S/c1-20-13-5-3-6-14(21-2)11(13)9-19-10-12(18-16(19)17)15-7-4-8-22-15/h3-8,10H,9H2,1-2H3,(H2,17,18). The normalized spacial score (nSPS) is 10.6. The summed E-state index contributed by atoms with van der Waals surface area (Å²) in [5.74, 6) is 2.01. The monoisotopic (exact) mass is 315 g/mol. The van der Waals surface area contributed by atoms with Gasteiger partial charge in [0.1, 0.15) is 17.2 Å². The Morgan fingerprint density at radius 3 is 2.45 bits per heavy atom. The molecule has 3 aromatic rings. The Bertz CT molecular complexity index is 744. The Morgan fingerprint density at radius 2 is 1.86 bits per heavy atom. The molecule has 0 atom stereocenters. The van der Waals surface area contributed by atoms with Gasteiger partial charge in [-0.1, -0.05) is 12.1 Å². The summed E-state index contributed by atoms with van der Waals surface area (Å²) in [5.41, 5.74) is 7.87. The van der Waals surface area contributed by atoms with E-state index in [-0.39, 0.29) is 0 Å². The average Bonchev–Trinajstić information content (AvgIpc) is 3.18. The number of nitrogen functional groups attached to an aromatic ring is 1. The van der Waals surface area contributed by atoms with E-state index >= 15 is 0 Å². The van der Waals surface area contributed by atoms with Crippen molar-refractivity contribution in [3.05, 3.63) is 47.5 Å². The van der Waals surface area contributed by atoms with Crippen molar-refractivity contribution in [1.29, 1.82) is 0 Å². The SMILES string of the molecule is COc1cccc(OC)c1Cn1cc(-c2cccs2)nc1N. The maximum absolute atomic E-state index is 6.05. The number of nitrogens with zero attached hydrogens (tertiary/aromatic N) is 2. The molecule has 1 aromatic carbocycles. The van der Waals surface area contributed by atoms with E-state index in [4.69, 9.17) is 15.2 Å². The minimum absolute atomic E-state index is 0.469. The van der Waals surface area contributed by atoms with Crippen molar-refractivity contribution in [3.8, 4) is 22.1 Å². The van der Waals surface area contributed by atoms with E-state index in [9.17, 15) is 0 Å². The van der Waals surface area contributed by atoms with Crippen LogP contribution in [0.3, 0.4) is 0 Å². The van der Waals surface area contributed by atoms with E-state index in [2.05, 4.69) is 4.98 Å². The second kappa shape index (κ2) is 6.11. The van der Waals surface area contributed by atoms with Gasteiger partial charge >= 0.3 is 0 Å². The summed E-state index contributed by atoms with van der Waals surface area (Å²) in [4.78, 5) is 5.52. The summed E-state index contributed by atoms with van der Waals surface area (Å²) in [6.45, 7) is 0.539. The molecule has 3 rings (SSSR count). The van der Waals surface area contributed by atoms with Gasteiger partial charge in [-0.05, 0) is 23.6 Å². The number of imidazole rings is 1. The van der Waals surface area contributed by atoms with Gasteiger partial charge in [0.2, 0.25) is 5.95 Å². The molecule has 0 spiro atoms. The van der Waals surface area contributed by atoms with Crippen LogP contribution >= 0.6 is 11.3 Å². The number of ether oxygens (including phenoxy) is 2. The van der Waals surface area contributed by atoms with Crippen LogP contribution < -0.4 is 15.2 Å². The topological polar surface area (TPSA) is 62.3 Å². The van der Waals surface area contributed by atoms with Crippen LogP contribution in [0.15, 0.2) is 41.9 Å². The summed E-state index contributed by atoms with van der Waals surface area (Å²) < 4.78 is 12.8. The van der Waals surface area contributed by atoms with E-state index in [1.165, 1.54) is 0 Å².